The number of halogens is 2. The van der Waals surface area contributed by atoms with Crippen molar-refractivity contribution in [1.29, 1.82) is 0 Å². The van der Waals surface area contributed by atoms with Gasteiger partial charge in [-0.15, -0.1) is 0 Å². The average Bonchev–Trinajstić information content (AvgIpc) is 3.19. The molecule has 0 saturated heterocycles. The van der Waals surface area contributed by atoms with E-state index in [1.807, 2.05) is 158 Å². The van der Waals surface area contributed by atoms with E-state index >= 15 is 0 Å². The van der Waals surface area contributed by atoms with Crippen LogP contribution in [0, 0.1) is 0 Å². The van der Waals surface area contributed by atoms with Crippen molar-refractivity contribution in [2.45, 2.75) is 13.1 Å². The molecule has 0 aromatic heterocycles. The van der Waals surface area contributed by atoms with Crippen LogP contribution in [0.3, 0.4) is 0 Å². The summed E-state index contributed by atoms with van der Waals surface area (Å²) in [7, 11) is 0. The lowest BCUT2D eigenvalue weighted by atomic mass is 10.1. The minimum atomic E-state index is -0.186. The third-order valence-electron chi connectivity index (χ3n) is 8.56. The molecule has 0 aliphatic heterocycles. The van der Waals surface area contributed by atoms with Crippen LogP contribution in [0.4, 0.5) is 0 Å². The normalized spacial score (nSPS) is 10.7. The lowest BCUT2D eigenvalue weighted by molar-refractivity contribution is -0.138. The van der Waals surface area contributed by atoms with Gasteiger partial charge in [-0.2, -0.15) is 0 Å². The maximum atomic E-state index is 13.8. The first-order valence-electron chi connectivity index (χ1n) is 17.0. The fraction of sp³-hybridized carbons (Fsp3) is 0.136. The van der Waals surface area contributed by atoms with Gasteiger partial charge in [-0.3, -0.25) is 9.59 Å². The number of benzene rings is 6. The fourth-order valence-electron chi connectivity index (χ4n) is 5.75. The summed E-state index contributed by atoms with van der Waals surface area (Å²) in [5.41, 5.74) is 6.23. The standard InChI is InChI=1S/C44H38Br2N2O4/c45-39-27-37(35-17-9-3-10-18-35)21-23-41(39)51-31-43(49)47(29-33-13-5-1-6-14-33)25-26-48(30-34-15-7-2-8-16-34)44(50)32-52-42-24-22-38(28-40(42)46)36-19-11-4-12-20-36/h1-24,27-28H,25-26,29-32H2. The van der Waals surface area contributed by atoms with Gasteiger partial charge in [0, 0.05) is 26.2 Å². The van der Waals surface area contributed by atoms with Crippen LogP contribution in [-0.2, 0) is 22.7 Å². The Balaban J connectivity index is 1.14. The summed E-state index contributed by atoms with van der Waals surface area (Å²) in [6, 6.07) is 51.5. The van der Waals surface area contributed by atoms with Crippen molar-refractivity contribution in [3.8, 4) is 33.8 Å². The summed E-state index contributed by atoms with van der Waals surface area (Å²) < 4.78 is 13.6. The Bertz CT molecular complexity index is 1910. The number of carbonyl (C=O) groups excluding carboxylic acids is 2. The van der Waals surface area contributed by atoms with Crippen LogP contribution in [-0.4, -0.2) is 47.9 Å². The Morgan fingerprint density at radius 3 is 1.13 bits per heavy atom. The zero-order chi connectivity index (χ0) is 36.1. The van der Waals surface area contributed by atoms with Crippen molar-refractivity contribution in [2.24, 2.45) is 0 Å². The third-order valence-corrected chi connectivity index (χ3v) is 9.80. The van der Waals surface area contributed by atoms with Gasteiger partial charge in [-0.05, 0) is 89.5 Å². The van der Waals surface area contributed by atoms with Gasteiger partial charge in [0.15, 0.2) is 13.2 Å². The van der Waals surface area contributed by atoms with Crippen molar-refractivity contribution in [3.05, 3.63) is 178 Å². The van der Waals surface area contributed by atoms with Crippen LogP contribution in [0.5, 0.6) is 11.5 Å². The number of hydrogen-bond acceptors (Lipinski definition) is 4. The molecule has 0 radical (unpaired) electrons. The second-order valence-corrected chi connectivity index (χ2v) is 13.9. The molecular formula is C44H38Br2N2O4. The van der Waals surface area contributed by atoms with Gasteiger partial charge in [-0.1, -0.05) is 133 Å². The van der Waals surface area contributed by atoms with Crippen molar-refractivity contribution in [2.75, 3.05) is 26.3 Å². The van der Waals surface area contributed by atoms with E-state index in [-0.39, 0.29) is 25.0 Å². The van der Waals surface area contributed by atoms with E-state index in [9.17, 15) is 9.59 Å². The third kappa shape index (κ3) is 10.2. The molecule has 0 atom stereocenters. The maximum Gasteiger partial charge on any atom is 0.260 e. The van der Waals surface area contributed by atoms with E-state index in [4.69, 9.17) is 9.47 Å². The lowest BCUT2D eigenvalue weighted by Crippen LogP contribution is -2.43. The number of amides is 2. The average molecular weight is 819 g/mol. The van der Waals surface area contributed by atoms with Gasteiger partial charge in [-0.25, -0.2) is 0 Å². The van der Waals surface area contributed by atoms with E-state index in [1.54, 1.807) is 9.80 Å². The van der Waals surface area contributed by atoms with Gasteiger partial charge in [0.05, 0.1) is 8.95 Å². The Morgan fingerprint density at radius 1 is 0.442 bits per heavy atom. The summed E-state index contributed by atoms with van der Waals surface area (Å²) in [6.07, 6.45) is 0. The quantitative estimate of drug-likeness (QED) is 0.104. The summed E-state index contributed by atoms with van der Waals surface area (Å²) in [4.78, 5) is 31.1. The summed E-state index contributed by atoms with van der Waals surface area (Å²) in [5, 5.41) is 0. The smallest absolute Gasteiger partial charge is 0.260 e. The van der Waals surface area contributed by atoms with Crippen LogP contribution in [0.2, 0.25) is 0 Å². The van der Waals surface area contributed by atoms with Crippen LogP contribution in [0.25, 0.3) is 22.3 Å². The first-order valence-corrected chi connectivity index (χ1v) is 18.6. The monoisotopic (exact) mass is 816 g/mol. The van der Waals surface area contributed by atoms with Crippen molar-refractivity contribution >= 4 is 43.7 Å². The Labute approximate surface area is 321 Å². The Hall–Kier alpha value is -5.18. The molecule has 0 unspecified atom stereocenters. The molecule has 6 nitrogen and oxygen atoms in total. The molecule has 52 heavy (non-hydrogen) atoms. The van der Waals surface area contributed by atoms with E-state index in [2.05, 4.69) is 31.9 Å². The molecule has 0 spiro atoms. The number of hydrogen-bond donors (Lipinski definition) is 0. The van der Waals surface area contributed by atoms with E-state index in [0.717, 1.165) is 42.3 Å². The Morgan fingerprint density at radius 2 is 0.788 bits per heavy atom. The zero-order valence-electron chi connectivity index (χ0n) is 28.5. The van der Waals surface area contributed by atoms with Gasteiger partial charge in [0.25, 0.3) is 11.8 Å². The highest BCUT2D eigenvalue weighted by Gasteiger charge is 2.21. The van der Waals surface area contributed by atoms with Crippen molar-refractivity contribution < 1.29 is 19.1 Å². The van der Waals surface area contributed by atoms with Crippen LogP contribution in [0.15, 0.2) is 167 Å². The zero-order valence-corrected chi connectivity index (χ0v) is 31.7. The molecule has 262 valence electrons. The highest BCUT2D eigenvalue weighted by molar-refractivity contribution is 9.11. The first-order chi connectivity index (χ1) is 25.4. The van der Waals surface area contributed by atoms with E-state index < -0.39 is 0 Å². The number of rotatable bonds is 15. The second-order valence-electron chi connectivity index (χ2n) is 12.2. The number of nitrogens with zero attached hydrogens (tertiary/aromatic N) is 2. The molecule has 8 heteroatoms. The first kappa shape index (κ1) is 36.6. The predicted octanol–water partition coefficient (Wildman–Crippen LogP) is 10.1. The molecule has 0 heterocycles. The minimum Gasteiger partial charge on any atom is -0.483 e. The minimum absolute atomic E-state index is 0.154. The fourth-order valence-corrected chi connectivity index (χ4v) is 6.74. The molecule has 6 aromatic carbocycles. The molecule has 0 N–H and O–H groups in total. The van der Waals surface area contributed by atoms with Gasteiger partial charge in [0.1, 0.15) is 11.5 Å². The SMILES string of the molecule is O=C(COc1ccc(-c2ccccc2)cc1Br)N(CCN(Cc1ccccc1)C(=O)COc1ccc(-c2ccccc2)cc1Br)Cc1ccccc1. The molecule has 6 rings (SSSR count). The topological polar surface area (TPSA) is 59.1 Å². The molecule has 0 aliphatic carbocycles. The van der Waals surface area contributed by atoms with Gasteiger partial charge < -0.3 is 19.3 Å². The highest BCUT2D eigenvalue weighted by Crippen LogP contribution is 2.32. The van der Waals surface area contributed by atoms with Crippen molar-refractivity contribution in [1.82, 2.24) is 9.80 Å². The molecule has 0 saturated carbocycles. The van der Waals surface area contributed by atoms with E-state index in [1.165, 1.54) is 0 Å². The molecule has 0 bridgehead atoms. The molecule has 2 amide bonds. The second kappa shape index (κ2) is 18.4. The summed E-state index contributed by atoms with van der Waals surface area (Å²) in [6.45, 7) is 1.06. The van der Waals surface area contributed by atoms with E-state index in [0.29, 0.717) is 37.7 Å². The highest BCUT2D eigenvalue weighted by atomic mass is 79.9. The van der Waals surface area contributed by atoms with Crippen LogP contribution in [0.1, 0.15) is 11.1 Å². The predicted molar refractivity (Wildman–Crippen MR) is 214 cm³/mol. The molecular weight excluding hydrogens is 780 g/mol. The Kier molecular flexibility index (Phi) is 12.9. The number of carbonyl (C=O) groups is 2. The lowest BCUT2D eigenvalue weighted by Gasteiger charge is -2.28. The molecule has 0 aliphatic rings. The summed E-state index contributed by atoms with van der Waals surface area (Å²) in [5.74, 6) is 0.782. The summed E-state index contributed by atoms with van der Waals surface area (Å²) >= 11 is 7.25. The maximum absolute atomic E-state index is 13.8. The van der Waals surface area contributed by atoms with Gasteiger partial charge in [0.2, 0.25) is 0 Å². The van der Waals surface area contributed by atoms with Crippen molar-refractivity contribution in [3.63, 3.8) is 0 Å². The molecule has 0 fully saturated rings. The largest absolute Gasteiger partial charge is 0.483 e. The van der Waals surface area contributed by atoms with Gasteiger partial charge >= 0.3 is 0 Å². The van der Waals surface area contributed by atoms with Crippen LogP contribution < -0.4 is 9.47 Å². The number of ether oxygens (including phenoxy) is 2. The molecule has 6 aromatic rings. The van der Waals surface area contributed by atoms with Crippen LogP contribution >= 0.6 is 31.9 Å².